The second-order valence-electron chi connectivity index (χ2n) is 2.88. The maximum atomic E-state index is 10.5. The second kappa shape index (κ2) is 4.48. The Morgan fingerprint density at radius 1 is 1.50 bits per heavy atom. The number of amides is 2. The highest BCUT2D eigenvalue weighted by atomic mass is 16.3. The number of carbonyl (C=O) groups is 1. The van der Waals surface area contributed by atoms with Gasteiger partial charge in [-0.2, -0.15) is 0 Å². The Bertz CT molecular complexity index is 339. The molecular weight excluding hydrogens is 182 g/mol. The highest BCUT2D eigenvalue weighted by molar-refractivity contribution is 5.89. The van der Waals surface area contributed by atoms with Crippen LogP contribution >= 0.6 is 0 Å². The van der Waals surface area contributed by atoms with Gasteiger partial charge in [-0.1, -0.05) is 6.07 Å². The van der Waals surface area contributed by atoms with Crippen molar-refractivity contribution in [3.63, 3.8) is 0 Å². The van der Waals surface area contributed by atoms with Gasteiger partial charge in [-0.05, 0) is 30.7 Å². The molecule has 0 unspecified atom stereocenters. The molecule has 0 aliphatic heterocycles. The van der Waals surface area contributed by atoms with Crippen molar-refractivity contribution in [2.24, 2.45) is 11.5 Å². The Labute approximate surface area is 81.7 Å². The summed E-state index contributed by atoms with van der Waals surface area (Å²) in [5, 5.41) is 11.8. The predicted octanol–water partition coefficient (Wildman–Crippen LogP) is 0.384. The zero-order chi connectivity index (χ0) is 10.6. The first-order chi connectivity index (χ1) is 6.63. The van der Waals surface area contributed by atoms with Crippen LogP contribution in [0.1, 0.15) is 5.56 Å². The van der Waals surface area contributed by atoms with Gasteiger partial charge in [-0.25, -0.2) is 4.79 Å². The van der Waals surface area contributed by atoms with Gasteiger partial charge in [-0.3, -0.25) is 0 Å². The number of phenols is 1. The van der Waals surface area contributed by atoms with E-state index in [-0.39, 0.29) is 5.75 Å². The number of nitrogens with two attached hydrogens (primary N) is 2. The number of rotatable bonds is 3. The van der Waals surface area contributed by atoms with E-state index >= 15 is 0 Å². The number of anilines is 1. The number of primary amides is 1. The summed E-state index contributed by atoms with van der Waals surface area (Å²) in [6.07, 6.45) is 0.685. The zero-order valence-corrected chi connectivity index (χ0v) is 7.66. The third-order valence-corrected chi connectivity index (χ3v) is 1.75. The summed E-state index contributed by atoms with van der Waals surface area (Å²) in [5.74, 6) is -0.00486. The molecule has 0 saturated carbocycles. The van der Waals surface area contributed by atoms with Crippen LogP contribution in [0.5, 0.6) is 5.75 Å². The Balaban J connectivity index is 2.84. The van der Waals surface area contributed by atoms with Crippen LogP contribution < -0.4 is 16.8 Å². The van der Waals surface area contributed by atoms with Crippen LogP contribution in [0.25, 0.3) is 0 Å². The lowest BCUT2D eigenvalue weighted by molar-refractivity contribution is 0.259. The number of hydrogen-bond donors (Lipinski definition) is 4. The molecule has 5 nitrogen and oxygen atoms in total. The van der Waals surface area contributed by atoms with Crippen LogP contribution in [-0.2, 0) is 6.42 Å². The second-order valence-corrected chi connectivity index (χ2v) is 2.88. The van der Waals surface area contributed by atoms with Gasteiger partial charge in [0.1, 0.15) is 5.75 Å². The number of carbonyl (C=O) groups excluding carboxylic acids is 1. The van der Waals surface area contributed by atoms with Gasteiger partial charge >= 0.3 is 6.03 Å². The first-order valence-corrected chi connectivity index (χ1v) is 4.22. The third kappa shape index (κ3) is 2.63. The normalized spacial score (nSPS) is 9.79. The lowest BCUT2D eigenvalue weighted by Crippen LogP contribution is -2.19. The van der Waals surface area contributed by atoms with Crippen molar-refractivity contribution in [3.05, 3.63) is 23.8 Å². The van der Waals surface area contributed by atoms with E-state index in [0.717, 1.165) is 5.56 Å². The Kier molecular flexibility index (Phi) is 3.30. The molecule has 5 heteroatoms. The first kappa shape index (κ1) is 10.3. The first-order valence-electron chi connectivity index (χ1n) is 4.22. The number of aromatic hydroxyl groups is 1. The SMILES string of the molecule is NCCc1ccc(NC(N)=O)c(O)c1. The van der Waals surface area contributed by atoms with Gasteiger partial charge in [0.05, 0.1) is 5.69 Å². The molecule has 0 aromatic heterocycles. The van der Waals surface area contributed by atoms with E-state index in [0.29, 0.717) is 18.7 Å². The van der Waals surface area contributed by atoms with Crippen LogP contribution in [0.3, 0.4) is 0 Å². The minimum absolute atomic E-state index is 0.00486. The van der Waals surface area contributed by atoms with Crippen LogP contribution in [0.2, 0.25) is 0 Å². The summed E-state index contributed by atoms with van der Waals surface area (Å²) in [4.78, 5) is 10.5. The lowest BCUT2D eigenvalue weighted by atomic mass is 10.1. The molecule has 76 valence electrons. The smallest absolute Gasteiger partial charge is 0.316 e. The van der Waals surface area contributed by atoms with Gasteiger partial charge < -0.3 is 21.9 Å². The van der Waals surface area contributed by atoms with Crippen LogP contribution in [0, 0.1) is 0 Å². The Morgan fingerprint density at radius 3 is 2.71 bits per heavy atom. The molecule has 1 aromatic carbocycles. The average molecular weight is 195 g/mol. The quantitative estimate of drug-likeness (QED) is 0.524. The van der Waals surface area contributed by atoms with E-state index in [1.807, 2.05) is 0 Å². The van der Waals surface area contributed by atoms with Gasteiger partial charge in [0, 0.05) is 0 Å². The maximum Gasteiger partial charge on any atom is 0.316 e. The average Bonchev–Trinajstić information content (AvgIpc) is 2.10. The summed E-state index contributed by atoms with van der Waals surface area (Å²) < 4.78 is 0. The Hall–Kier alpha value is -1.75. The fourth-order valence-corrected chi connectivity index (χ4v) is 1.14. The largest absolute Gasteiger partial charge is 0.506 e. The molecule has 2 amide bonds. The molecule has 0 spiro atoms. The van der Waals surface area contributed by atoms with Crippen molar-refractivity contribution in [2.45, 2.75) is 6.42 Å². The molecule has 1 rings (SSSR count). The van der Waals surface area contributed by atoms with E-state index in [1.165, 1.54) is 0 Å². The van der Waals surface area contributed by atoms with Crippen molar-refractivity contribution in [2.75, 3.05) is 11.9 Å². The summed E-state index contributed by atoms with van der Waals surface area (Å²) in [6.45, 7) is 0.516. The number of hydrogen-bond acceptors (Lipinski definition) is 3. The van der Waals surface area contributed by atoms with Gasteiger partial charge in [0.15, 0.2) is 0 Å². The molecule has 1 aromatic rings. The van der Waals surface area contributed by atoms with E-state index in [9.17, 15) is 9.90 Å². The predicted molar refractivity (Wildman–Crippen MR) is 54.1 cm³/mol. The summed E-state index contributed by atoms with van der Waals surface area (Å²) in [7, 11) is 0. The fraction of sp³-hybridized carbons (Fsp3) is 0.222. The lowest BCUT2D eigenvalue weighted by Gasteiger charge is -2.06. The monoisotopic (exact) mass is 195 g/mol. The minimum atomic E-state index is -0.702. The molecule has 0 aliphatic rings. The van der Waals surface area contributed by atoms with Gasteiger partial charge in [-0.15, -0.1) is 0 Å². The van der Waals surface area contributed by atoms with Crippen LogP contribution in [0.4, 0.5) is 10.5 Å². The Morgan fingerprint density at radius 2 is 2.21 bits per heavy atom. The standard InChI is InChI=1S/C9H13N3O2/c10-4-3-6-1-2-7(8(13)5-6)12-9(11)14/h1-2,5,13H,3-4,10H2,(H3,11,12,14). The number of nitrogens with one attached hydrogen (secondary N) is 1. The molecular formula is C9H13N3O2. The van der Waals surface area contributed by atoms with Crippen molar-refractivity contribution in [3.8, 4) is 5.75 Å². The van der Waals surface area contributed by atoms with Gasteiger partial charge in [0.2, 0.25) is 0 Å². The summed E-state index contributed by atoms with van der Waals surface area (Å²) >= 11 is 0. The number of urea groups is 1. The van der Waals surface area contributed by atoms with Crippen molar-refractivity contribution >= 4 is 11.7 Å². The fourth-order valence-electron chi connectivity index (χ4n) is 1.14. The van der Waals surface area contributed by atoms with Crippen LogP contribution in [0.15, 0.2) is 18.2 Å². The molecule has 0 heterocycles. The minimum Gasteiger partial charge on any atom is -0.506 e. The van der Waals surface area contributed by atoms with E-state index in [2.05, 4.69) is 5.32 Å². The zero-order valence-electron chi connectivity index (χ0n) is 7.66. The van der Waals surface area contributed by atoms with Crippen molar-refractivity contribution in [1.29, 1.82) is 0 Å². The molecule has 0 aliphatic carbocycles. The van der Waals surface area contributed by atoms with E-state index in [4.69, 9.17) is 11.5 Å². The van der Waals surface area contributed by atoms with Crippen molar-refractivity contribution < 1.29 is 9.90 Å². The van der Waals surface area contributed by atoms with Gasteiger partial charge in [0.25, 0.3) is 0 Å². The molecule has 14 heavy (non-hydrogen) atoms. The third-order valence-electron chi connectivity index (χ3n) is 1.75. The highest BCUT2D eigenvalue weighted by Gasteiger charge is 2.03. The molecule has 6 N–H and O–H groups in total. The molecule has 0 fully saturated rings. The number of phenolic OH excluding ortho intramolecular Hbond substituents is 1. The topological polar surface area (TPSA) is 101 Å². The summed E-state index contributed by atoms with van der Waals surface area (Å²) in [6, 6.07) is 4.22. The van der Waals surface area contributed by atoms with E-state index < -0.39 is 6.03 Å². The number of benzene rings is 1. The molecule has 0 atom stereocenters. The maximum absolute atomic E-state index is 10.5. The molecule has 0 saturated heterocycles. The van der Waals surface area contributed by atoms with Crippen LogP contribution in [-0.4, -0.2) is 17.7 Å². The van der Waals surface area contributed by atoms with E-state index in [1.54, 1.807) is 18.2 Å². The molecule has 0 radical (unpaired) electrons. The molecule has 0 bridgehead atoms. The highest BCUT2D eigenvalue weighted by Crippen LogP contribution is 2.23. The van der Waals surface area contributed by atoms with Crippen molar-refractivity contribution in [1.82, 2.24) is 0 Å². The summed E-state index contributed by atoms with van der Waals surface area (Å²) in [5.41, 5.74) is 11.5.